The number of methoxy groups -OCH3 is 1. The number of benzene rings is 1. The van der Waals surface area contributed by atoms with Crippen molar-refractivity contribution in [2.24, 2.45) is 0 Å². The molecule has 4 heteroatoms. The highest BCUT2D eigenvalue weighted by Gasteiger charge is 2.40. The second kappa shape index (κ2) is 3.83. The summed E-state index contributed by atoms with van der Waals surface area (Å²) in [4.78, 5) is 11.0. The van der Waals surface area contributed by atoms with Crippen LogP contribution >= 0.6 is 11.6 Å². The Balaban J connectivity index is 2.37. The molecular formula is C11H11ClO3. The van der Waals surface area contributed by atoms with E-state index >= 15 is 0 Å². The lowest BCUT2D eigenvalue weighted by Gasteiger charge is -2.36. The zero-order chi connectivity index (χ0) is 10.9. The van der Waals surface area contributed by atoms with Crippen molar-refractivity contribution in [2.75, 3.05) is 20.3 Å². The molecule has 1 heterocycles. The Bertz CT molecular complexity index is 385. The Labute approximate surface area is 92.9 Å². The Kier molecular flexibility index (Phi) is 2.67. The minimum atomic E-state index is -0.504. The first kappa shape index (κ1) is 10.5. The van der Waals surface area contributed by atoms with E-state index in [1.165, 1.54) is 0 Å². The second-order valence-electron chi connectivity index (χ2n) is 3.62. The summed E-state index contributed by atoms with van der Waals surface area (Å²) in [7, 11) is 1.56. The van der Waals surface area contributed by atoms with Gasteiger partial charge in [-0.2, -0.15) is 0 Å². The molecule has 0 bridgehead atoms. The fourth-order valence-corrected chi connectivity index (χ4v) is 1.86. The van der Waals surface area contributed by atoms with Gasteiger partial charge in [-0.05, 0) is 17.7 Å². The summed E-state index contributed by atoms with van der Waals surface area (Å²) in [6.45, 7) is 0.859. The largest absolute Gasteiger partial charge is 0.495 e. The van der Waals surface area contributed by atoms with Crippen LogP contribution in [0.4, 0.5) is 0 Å². The van der Waals surface area contributed by atoms with Crippen LogP contribution in [0.1, 0.15) is 5.56 Å². The molecule has 0 unspecified atom stereocenters. The van der Waals surface area contributed by atoms with Crippen LogP contribution in [0.3, 0.4) is 0 Å². The van der Waals surface area contributed by atoms with Crippen molar-refractivity contribution in [1.82, 2.24) is 0 Å². The molecule has 0 aromatic heterocycles. The van der Waals surface area contributed by atoms with E-state index in [4.69, 9.17) is 21.1 Å². The third-order valence-electron chi connectivity index (χ3n) is 2.67. The molecule has 15 heavy (non-hydrogen) atoms. The van der Waals surface area contributed by atoms with Crippen LogP contribution in [-0.4, -0.2) is 26.6 Å². The molecule has 1 aliphatic heterocycles. The number of carbonyl (C=O) groups is 1. The van der Waals surface area contributed by atoms with E-state index in [1.54, 1.807) is 19.2 Å². The molecule has 0 N–H and O–H groups in total. The van der Waals surface area contributed by atoms with E-state index < -0.39 is 5.41 Å². The van der Waals surface area contributed by atoms with Crippen molar-refractivity contribution in [3.63, 3.8) is 0 Å². The van der Waals surface area contributed by atoms with Gasteiger partial charge in [0.15, 0.2) is 0 Å². The molecule has 80 valence electrons. The molecule has 0 radical (unpaired) electrons. The van der Waals surface area contributed by atoms with Crippen molar-refractivity contribution >= 4 is 17.9 Å². The topological polar surface area (TPSA) is 35.5 Å². The number of hydrogen-bond donors (Lipinski definition) is 0. The van der Waals surface area contributed by atoms with Gasteiger partial charge < -0.3 is 14.3 Å². The van der Waals surface area contributed by atoms with Crippen LogP contribution in [0.25, 0.3) is 0 Å². The number of hydrogen-bond acceptors (Lipinski definition) is 3. The predicted octanol–water partition coefficient (Wildman–Crippen LogP) is 1.82. The van der Waals surface area contributed by atoms with E-state index in [2.05, 4.69) is 0 Å². The molecule has 0 spiro atoms. The Morgan fingerprint density at radius 3 is 2.67 bits per heavy atom. The summed E-state index contributed by atoms with van der Waals surface area (Å²) in [5.41, 5.74) is 0.380. The Hall–Kier alpha value is -1.06. The molecule has 1 aromatic rings. The van der Waals surface area contributed by atoms with Crippen LogP contribution < -0.4 is 4.74 Å². The van der Waals surface area contributed by atoms with E-state index in [0.717, 1.165) is 11.8 Å². The summed E-state index contributed by atoms with van der Waals surface area (Å²) >= 11 is 5.99. The number of carbonyl (C=O) groups excluding carboxylic acids is 1. The van der Waals surface area contributed by atoms with Gasteiger partial charge in [0.05, 0.1) is 30.8 Å². The fourth-order valence-electron chi connectivity index (χ4n) is 1.60. The van der Waals surface area contributed by atoms with Gasteiger partial charge in [0, 0.05) is 0 Å². The minimum absolute atomic E-state index is 0.430. The molecule has 0 saturated carbocycles. The quantitative estimate of drug-likeness (QED) is 0.738. The summed E-state index contributed by atoms with van der Waals surface area (Å²) < 4.78 is 10.1. The molecule has 1 aromatic carbocycles. The molecular weight excluding hydrogens is 216 g/mol. The van der Waals surface area contributed by atoms with Gasteiger partial charge in [0.25, 0.3) is 0 Å². The lowest BCUT2D eigenvalue weighted by atomic mass is 9.80. The van der Waals surface area contributed by atoms with Crippen molar-refractivity contribution in [3.8, 4) is 5.75 Å². The van der Waals surface area contributed by atoms with Crippen molar-refractivity contribution in [3.05, 3.63) is 28.8 Å². The number of aldehydes is 1. The standard InChI is InChI=1S/C11H11ClO3/c1-14-10-3-2-8(4-9(10)12)11(5-13)6-15-7-11/h2-5H,6-7H2,1H3. The summed E-state index contributed by atoms with van der Waals surface area (Å²) in [6.07, 6.45) is 0.925. The van der Waals surface area contributed by atoms with Gasteiger partial charge in [-0.3, -0.25) is 0 Å². The van der Waals surface area contributed by atoms with E-state index in [-0.39, 0.29) is 0 Å². The van der Waals surface area contributed by atoms with Gasteiger partial charge in [-0.25, -0.2) is 0 Å². The molecule has 2 rings (SSSR count). The first-order chi connectivity index (χ1) is 7.22. The predicted molar refractivity (Wildman–Crippen MR) is 56.6 cm³/mol. The average Bonchev–Trinajstić information content (AvgIpc) is 2.17. The van der Waals surface area contributed by atoms with Crippen molar-refractivity contribution < 1.29 is 14.3 Å². The highest BCUT2D eigenvalue weighted by Crippen LogP contribution is 2.34. The normalized spacial score (nSPS) is 18.0. The van der Waals surface area contributed by atoms with Gasteiger partial charge in [0.2, 0.25) is 0 Å². The lowest BCUT2D eigenvalue weighted by Crippen LogP contribution is -2.48. The Morgan fingerprint density at radius 2 is 2.27 bits per heavy atom. The van der Waals surface area contributed by atoms with E-state index in [9.17, 15) is 4.79 Å². The average molecular weight is 227 g/mol. The van der Waals surface area contributed by atoms with Crippen LogP contribution in [0.5, 0.6) is 5.75 Å². The maximum Gasteiger partial charge on any atom is 0.137 e. The highest BCUT2D eigenvalue weighted by atomic mass is 35.5. The molecule has 1 aliphatic rings. The second-order valence-corrected chi connectivity index (χ2v) is 4.02. The van der Waals surface area contributed by atoms with Crippen molar-refractivity contribution in [2.45, 2.75) is 5.41 Å². The maximum atomic E-state index is 11.0. The van der Waals surface area contributed by atoms with Crippen LogP contribution in [0, 0.1) is 0 Å². The minimum Gasteiger partial charge on any atom is -0.495 e. The molecule has 0 aliphatic carbocycles. The van der Waals surface area contributed by atoms with Crippen LogP contribution in [-0.2, 0) is 14.9 Å². The summed E-state index contributed by atoms with van der Waals surface area (Å²) in [5.74, 6) is 0.613. The van der Waals surface area contributed by atoms with Crippen LogP contribution in [0.15, 0.2) is 18.2 Å². The van der Waals surface area contributed by atoms with Gasteiger partial charge in [-0.15, -0.1) is 0 Å². The van der Waals surface area contributed by atoms with E-state index in [1.807, 2.05) is 6.07 Å². The van der Waals surface area contributed by atoms with E-state index in [0.29, 0.717) is 24.0 Å². The SMILES string of the molecule is COc1ccc(C2(C=O)COC2)cc1Cl. The van der Waals surface area contributed by atoms with Gasteiger partial charge in [0.1, 0.15) is 12.0 Å². The first-order valence-corrected chi connectivity index (χ1v) is 4.98. The monoisotopic (exact) mass is 226 g/mol. The van der Waals surface area contributed by atoms with Crippen molar-refractivity contribution in [1.29, 1.82) is 0 Å². The molecule has 1 fully saturated rings. The summed E-state index contributed by atoms with van der Waals surface area (Å²) in [6, 6.07) is 5.38. The maximum absolute atomic E-state index is 11.0. The van der Waals surface area contributed by atoms with Gasteiger partial charge in [-0.1, -0.05) is 17.7 Å². The number of rotatable bonds is 3. The van der Waals surface area contributed by atoms with Crippen LogP contribution in [0.2, 0.25) is 5.02 Å². The summed E-state index contributed by atoms with van der Waals surface area (Å²) in [5, 5.41) is 0.517. The number of ether oxygens (including phenoxy) is 2. The molecule has 1 saturated heterocycles. The lowest BCUT2D eigenvalue weighted by molar-refractivity contribution is -0.129. The molecule has 0 amide bonds. The zero-order valence-electron chi connectivity index (χ0n) is 8.33. The Morgan fingerprint density at radius 1 is 1.53 bits per heavy atom. The third-order valence-corrected chi connectivity index (χ3v) is 2.97. The first-order valence-electron chi connectivity index (χ1n) is 4.60. The zero-order valence-corrected chi connectivity index (χ0v) is 9.08. The molecule has 0 atom stereocenters. The number of halogens is 1. The van der Waals surface area contributed by atoms with Gasteiger partial charge >= 0.3 is 0 Å². The highest BCUT2D eigenvalue weighted by molar-refractivity contribution is 6.32. The molecule has 3 nitrogen and oxygen atoms in total. The smallest absolute Gasteiger partial charge is 0.137 e. The fraction of sp³-hybridized carbons (Fsp3) is 0.364. The third kappa shape index (κ3) is 1.62.